The average Bonchev–Trinajstić information content (AvgIpc) is 1.66. The first kappa shape index (κ1) is 6.88. The highest BCUT2D eigenvalue weighted by Crippen LogP contribution is 1.73. The minimum Gasteiger partial charge on any atom is -0.264 e. The molecule has 3 heteroatoms. The van der Waals surface area contributed by atoms with Crippen LogP contribution in [-0.4, -0.2) is 11.5 Å². The van der Waals surface area contributed by atoms with Gasteiger partial charge in [-0.15, -0.1) is 0 Å². The minimum atomic E-state index is -0.403. The van der Waals surface area contributed by atoms with Gasteiger partial charge in [-0.1, -0.05) is 18.7 Å². The van der Waals surface area contributed by atoms with Gasteiger partial charge in [0.2, 0.25) is 6.54 Å². The van der Waals surface area contributed by atoms with Gasteiger partial charge in [0.1, 0.15) is 0 Å². The molecule has 0 heterocycles. The molecule has 0 aliphatic carbocycles. The molecule has 0 N–H and O–H groups in total. The molecular weight excluding hydrogens is 106 g/mol. The Kier molecular flexibility index (Phi) is 3.48. The molecule has 0 unspecified atom stereocenters. The van der Waals surface area contributed by atoms with Crippen LogP contribution < -0.4 is 0 Å². The van der Waals surface area contributed by atoms with Gasteiger partial charge in [0, 0.05) is 4.92 Å². The molecule has 8 heavy (non-hydrogen) atoms. The van der Waals surface area contributed by atoms with E-state index in [9.17, 15) is 10.1 Å². The molecule has 0 aromatic rings. The second-order valence-electron chi connectivity index (χ2n) is 1.18. The first-order chi connectivity index (χ1) is 3.77. The van der Waals surface area contributed by atoms with Crippen molar-refractivity contribution in [2.24, 2.45) is 0 Å². The van der Waals surface area contributed by atoms with Crippen molar-refractivity contribution in [3.05, 3.63) is 34.9 Å². The van der Waals surface area contributed by atoms with E-state index >= 15 is 0 Å². The van der Waals surface area contributed by atoms with Gasteiger partial charge in [0.25, 0.3) is 0 Å². The smallest absolute Gasteiger partial charge is 0.222 e. The zero-order valence-corrected chi connectivity index (χ0v) is 4.41. The van der Waals surface area contributed by atoms with Crippen LogP contribution in [0.3, 0.4) is 0 Å². The summed E-state index contributed by atoms with van der Waals surface area (Å²) in [4.78, 5) is 9.19. The quantitative estimate of drug-likeness (QED) is 0.311. The maximum absolute atomic E-state index is 9.59. The van der Waals surface area contributed by atoms with E-state index in [0.29, 0.717) is 0 Å². The molecule has 0 spiro atoms. The lowest BCUT2D eigenvalue weighted by atomic mass is 10.5. The number of nitrogens with zero attached hydrogens (tertiary/aromatic N) is 1. The second-order valence-corrected chi connectivity index (χ2v) is 1.18. The van der Waals surface area contributed by atoms with Crippen LogP contribution in [0.4, 0.5) is 0 Å². The van der Waals surface area contributed by atoms with Gasteiger partial charge in [0.15, 0.2) is 0 Å². The Morgan fingerprint density at radius 3 is 2.75 bits per heavy atom. The molecule has 0 aliphatic heterocycles. The maximum atomic E-state index is 9.59. The number of allylic oxidation sites excluding steroid dienone is 2. The van der Waals surface area contributed by atoms with Crippen LogP contribution in [0.5, 0.6) is 0 Å². The van der Waals surface area contributed by atoms with Crippen molar-refractivity contribution in [3.63, 3.8) is 0 Å². The second kappa shape index (κ2) is 4.05. The van der Waals surface area contributed by atoms with Crippen LogP contribution in [0.2, 0.25) is 0 Å². The summed E-state index contributed by atoms with van der Waals surface area (Å²) in [5.74, 6) is 0. The first-order valence-electron chi connectivity index (χ1n) is 2.16. The molecule has 0 radical (unpaired) electrons. The third-order valence-electron chi connectivity index (χ3n) is 0.527. The van der Waals surface area contributed by atoms with Crippen molar-refractivity contribution in [1.29, 1.82) is 0 Å². The van der Waals surface area contributed by atoms with Crippen LogP contribution in [0.15, 0.2) is 24.8 Å². The lowest BCUT2D eigenvalue weighted by Gasteiger charge is -1.78. The van der Waals surface area contributed by atoms with E-state index in [4.69, 9.17) is 0 Å². The standard InChI is InChI=1S/C5H7NO2/c1-2-3-4-5-6(7)8/h2-4H,1,5H2. The van der Waals surface area contributed by atoms with Crippen molar-refractivity contribution >= 4 is 0 Å². The first-order valence-corrected chi connectivity index (χ1v) is 2.16. The number of hydrogen-bond acceptors (Lipinski definition) is 2. The Morgan fingerprint density at radius 1 is 1.75 bits per heavy atom. The highest BCUT2D eigenvalue weighted by molar-refractivity contribution is 4.96. The maximum Gasteiger partial charge on any atom is 0.222 e. The topological polar surface area (TPSA) is 43.1 Å². The number of hydrogen-bond donors (Lipinski definition) is 0. The summed E-state index contributed by atoms with van der Waals surface area (Å²) in [6, 6.07) is 0. The molecular formula is C5H7NO2. The Bertz CT molecular complexity index is 118. The lowest BCUT2D eigenvalue weighted by molar-refractivity contribution is -0.468. The van der Waals surface area contributed by atoms with Gasteiger partial charge in [-0.2, -0.15) is 0 Å². The Balaban J connectivity index is 3.29. The zero-order valence-electron chi connectivity index (χ0n) is 4.41. The van der Waals surface area contributed by atoms with E-state index in [1.165, 1.54) is 12.2 Å². The molecule has 0 amide bonds. The molecule has 44 valence electrons. The van der Waals surface area contributed by atoms with Gasteiger partial charge in [-0.25, -0.2) is 0 Å². The molecule has 0 saturated carbocycles. The van der Waals surface area contributed by atoms with Crippen LogP contribution in [-0.2, 0) is 0 Å². The SMILES string of the molecule is C=CC=CC[N+](=O)[O-]. The van der Waals surface area contributed by atoms with Gasteiger partial charge in [0.05, 0.1) is 0 Å². The summed E-state index contributed by atoms with van der Waals surface area (Å²) < 4.78 is 0. The average molecular weight is 113 g/mol. The molecule has 0 saturated heterocycles. The summed E-state index contributed by atoms with van der Waals surface area (Å²) in [6.45, 7) is 3.23. The predicted molar refractivity (Wildman–Crippen MR) is 31.2 cm³/mol. The van der Waals surface area contributed by atoms with Crippen LogP contribution in [0.25, 0.3) is 0 Å². The molecule has 0 bridgehead atoms. The monoisotopic (exact) mass is 113 g/mol. The molecule has 3 nitrogen and oxygen atoms in total. The molecule has 0 aromatic heterocycles. The van der Waals surface area contributed by atoms with Gasteiger partial charge < -0.3 is 0 Å². The fraction of sp³-hybridized carbons (Fsp3) is 0.200. The minimum absolute atomic E-state index is 0.119. The Hall–Kier alpha value is -1.12. The van der Waals surface area contributed by atoms with Gasteiger partial charge in [-0.05, 0) is 6.08 Å². The number of rotatable bonds is 3. The lowest BCUT2D eigenvalue weighted by Crippen LogP contribution is -1.94. The fourth-order valence-electron chi connectivity index (χ4n) is 0.243. The zero-order chi connectivity index (χ0) is 6.41. The van der Waals surface area contributed by atoms with Gasteiger partial charge in [-0.3, -0.25) is 10.1 Å². The predicted octanol–water partition coefficient (Wildman–Crippen LogP) is 1.01. The van der Waals surface area contributed by atoms with Crippen molar-refractivity contribution < 1.29 is 4.92 Å². The van der Waals surface area contributed by atoms with E-state index < -0.39 is 4.92 Å². The van der Waals surface area contributed by atoms with Crippen molar-refractivity contribution in [2.75, 3.05) is 6.54 Å². The van der Waals surface area contributed by atoms with Gasteiger partial charge >= 0.3 is 0 Å². The van der Waals surface area contributed by atoms with E-state index in [0.717, 1.165) is 0 Å². The fourth-order valence-corrected chi connectivity index (χ4v) is 0.243. The highest BCUT2D eigenvalue weighted by atomic mass is 16.6. The van der Waals surface area contributed by atoms with E-state index in [1.54, 1.807) is 6.08 Å². The summed E-state index contributed by atoms with van der Waals surface area (Å²) in [7, 11) is 0. The third-order valence-corrected chi connectivity index (χ3v) is 0.527. The summed E-state index contributed by atoms with van der Waals surface area (Å²) in [5, 5.41) is 9.59. The summed E-state index contributed by atoms with van der Waals surface area (Å²) in [6.07, 6.45) is 4.49. The van der Waals surface area contributed by atoms with Crippen LogP contribution >= 0.6 is 0 Å². The van der Waals surface area contributed by atoms with E-state index in [2.05, 4.69) is 6.58 Å². The van der Waals surface area contributed by atoms with E-state index in [1.807, 2.05) is 0 Å². The van der Waals surface area contributed by atoms with Crippen molar-refractivity contribution in [3.8, 4) is 0 Å². The Labute approximate surface area is 47.5 Å². The molecule has 0 fully saturated rings. The van der Waals surface area contributed by atoms with Crippen LogP contribution in [0, 0.1) is 10.1 Å². The largest absolute Gasteiger partial charge is 0.264 e. The molecule has 0 rings (SSSR count). The van der Waals surface area contributed by atoms with Crippen molar-refractivity contribution in [2.45, 2.75) is 0 Å². The third kappa shape index (κ3) is 4.88. The van der Waals surface area contributed by atoms with E-state index in [-0.39, 0.29) is 6.54 Å². The number of nitro groups is 1. The van der Waals surface area contributed by atoms with Crippen molar-refractivity contribution in [1.82, 2.24) is 0 Å². The normalized spacial score (nSPS) is 9.50. The molecule has 0 aromatic carbocycles. The molecule has 0 aliphatic rings. The Morgan fingerprint density at radius 2 is 2.38 bits per heavy atom. The summed E-state index contributed by atoms with van der Waals surface area (Å²) in [5.41, 5.74) is 0. The highest BCUT2D eigenvalue weighted by Gasteiger charge is 1.83. The molecule has 0 atom stereocenters. The summed E-state index contributed by atoms with van der Waals surface area (Å²) >= 11 is 0. The van der Waals surface area contributed by atoms with Crippen LogP contribution in [0.1, 0.15) is 0 Å².